The van der Waals surface area contributed by atoms with E-state index in [1.54, 1.807) is 18.9 Å². The molecule has 6 heteroatoms. The predicted octanol–water partition coefficient (Wildman–Crippen LogP) is 1.27. The molecule has 0 spiro atoms. The number of ether oxygens (including phenoxy) is 2. The van der Waals surface area contributed by atoms with E-state index >= 15 is 0 Å². The summed E-state index contributed by atoms with van der Waals surface area (Å²) in [4.78, 5) is 4.40. The van der Waals surface area contributed by atoms with Gasteiger partial charge in [-0.25, -0.2) is 4.98 Å². The van der Waals surface area contributed by atoms with Crippen LogP contribution >= 0.6 is 0 Å². The van der Waals surface area contributed by atoms with Gasteiger partial charge in [0.25, 0.3) is 0 Å². The first kappa shape index (κ1) is 13.4. The number of aromatic nitrogens is 3. The first-order valence-corrected chi connectivity index (χ1v) is 5.93. The highest BCUT2D eigenvalue weighted by atomic mass is 16.5. The minimum Gasteiger partial charge on any atom is -0.496 e. The van der Waals surface area contributed by atoms with E-state index in [9.17, 15) is 0 Å². The van der Waals surface area contributed by atoms with Gasteiger partial charge in [0, 0.05) is 7.05 Å². The molecule has 2 rings (SSSR count). The minimum atomic E-state index is 0.342. The first-order chi connectivity index (χ1) is 9.10. The molecule has 1 aromatic carbocycles. The number of hydrogen-bond donors (Lipinski definition) is 1. The number of methoxy groups -OCH3 is 2. The van der Waals surface area contributed by atoms with Crippen LogP contribution in [0.5, 0.6) is 11.5 Å². The van der Waals surface area contributed by atoms with Gasteiger partial charge in [0.05, 0.1) is 26.3 Å². The van der Waals surface area contributed by atoms with Crippen molar-refractivity contribution in [2.75, 3.05) is 14.2 Å². The van der Waals surface area contributed by atoms with E-state index in [1.807, 2.05) is 26.1 Å². The van der Waals surface area contributed by atoms with Crippen LogP contribution in [0.3, 0.4) is 0 Å². The summed E-state index contributed by atoms with van der Waals surface area (Å²) in [6, 6.07) is 3.79. The normalized spacial score (nSPS) is 10.6. The van der Waals surface area contributed by atoms with Gasteiger partial charge in [-0.3, -0.25) is 4.68 Å². The summed E-state index contributed by atoms with van der Waals surface area (Å²) in [6.07, 6.45) is 0. The Balaban J connectivity index is 2.58. The number of aryl methyl sites for hydroxylation is 2. The molecule has 0 aliphatic carbocycles. The van der Waals surface area contributed by atoms with E-state index in [-0.39, 0.29) is 0 Å². The maximum Gasteiger partial charge on any atom is 0.185 e. The molecule has 0 aliphatic rings. The number of hydrogen-bond acceptors (Lipinski definition) is 5. The van der Waals surface area contributed by atoms with Crippen LogP contribution in [0.4, 0.5) is 0 Å². The van der Waals surface area contributed by atoms with Crippen LogP contribution in [0.15, 0.2) is 12.1 Å². The van der Waals surface area contributed by atoms with E-state index in [2.05, 4.69) is 10.1 Å². The Hall–Kier alpha value is -2.08. The Kier molecular flexibility index (Phi) is 3.71. The summed E-state index contributed by atoms with van der Waals surface area (Å²) in [5, 5.41) is 4.36. The molecular weight excluding hydrogens is 244 g/mol. The minimum absolute atomic E-state index is 0.342. The zero-order valence-corrected chi connectivity index (χ0v) is 11.6. The van der Waals surface area contributed by atoms with Gasteiger partial charge in [-0.05, 0) is 24.6 Å². The van der Waals surface area contributed by atoms with E-state index in [0.29, 0.717) is 18.1 Å². The molecule has 0 saturated heterocycles. The van der Waals surface area contributed by atoms with Crippen molar-refractivity contribution < 1.29 is 9.47 Å². The average Bonchev–Trinajstić information content (AvgIpc) is 2.79. The maximum absolute atomic E-state index is 5.61. The second kappa shape index (κ2) is 5.27. The molecule has 19 heavy (non-hydrogen) atoms. The molecule has 2 aromatic rings. The third-order valence-electron chi connectivity index (χ3n) is 2.99. The topological polar surface area (TPSA) is 75.2 Å². The lowest BCUT2D eigenvalue weighted by Crippen LogP contribution is -2.05. The van der Waals surface area contributed by atoms with Crippen molar-refractivity contribution in [2.24, 2.45) is 12.8 Å². The molecule has 1 heterocycles. The van der Waals surface area contributed by atoms with Crippen LogP contribution in [-0.4, -0.2) is 29.0 Å². The average molecular weight is 262 g/mol. The van der Waals surface area contributed by atoms with Crippen LogP contribution in [0.25, 0.3) is 11.4 Å². The molecule has 102 valence electrons. The second-order valence-corrected chi connectivity index (χ2v) is 4.20. The molecule has 6 nitrogen and oxygen atoms in total. The standard InChI is InChI=1S/C13H18N4O2/c1-8-5-11(19-4)9(6-10(8)18-3)13-15-12(7-14)17(2)16-13/h5-6H,7,14H2,1-4H3. The van der Waals surface area contributed by atoms with E-state index < -0.39 is 0 Å². The van der Waals surface area contributed by atoms with Crippen molar-refractivity contribution in [3.63, 3.8) is 0 Å². The zero-order chi connectivity index (χ0) is 14.0. The Bertz CT molecular complexity index is 593. The van der Waals surface area contributed by atoms with Crippen molar-refractivity contribution in [3.8, 4) is 22.9 Å². The number of benzene rings is 1. The SMILES string of the molecule is COc1cc(-c2nc(CN)n(C)n2)c(OC)cc1C. The molecule has 1 aromatic heterocycles. The Morgan fingerprint density at radius 1 is 1.21 bits per heavy atom. The highest BCUT2D eigenvalue weighted by Crippen LogP contribution is 2.34. The van der Waals surface area contributed by atoms with Gasteiger partial charge in [-0.2, -0.15) is 5.10 Å². The summed E-state index contributed by atoms with van der Waals surface area (Å²) in [5.74, 6) is 2.79. The monoisotopic (exact) mass is 262 g/mol. The van der Waals surface area contributed by atoms with Gasteiger partial charge in [-0.15, -0.1) is 0 Å². The highest BCUT2D eigenvalue weighted by molar-refractivity contribution is 5.67. The molecular formula is C13H18N4O2. The number of rotatable bonds is 4. The highest BCUT2D eigenvalue weighted by Gasteiger charge is 2.15. The van der Waals surface area contributed by atoms with Crippen LogP contribution in [-0.2, 0) is 13.6 Å². The van der Waals surface area contributed by atoms with Gasteiger partial charge >= 0.3 is 0 Å². The molecule has 0 unspecified atom stereocenters. The summed E-state index contributed by atoms with van der Waals surface area (Å²) in [6.45, 7) is 2.30. The molecule has 0 bridgehead atoms. The molecule has 0 aliphatic heterocycles. The second-order valence-electron chi connectivity index (χ2n) is 4.20. The number of nitrogens with zero attached hydrogens (tertiary/aromatic N) is 3. The van der Waals surface area contributed by atoms with Crippen molar-refractivity contribution in [1.82, 2.24) is 14.8 Å². The lowest BCUT2D eigenvalue weighted by atomic mass is 10.1. The van der Waals surface area contributed by atoms with Gasteiger partial charge in [-0.1, -0.05) is 0 Å². The van der Waals surface area contributed by atoms with E-state index in [4.69, 9.17) is 15.2 Å². The lowest BCUT2D eigenvalue weighted by molar-refractivity contribution is 0.401. The quantitative estimate of drug-likeness (QED) is 0.898. The van der Waals surface area contributed by atoms with Crippen LogP contribution < -0.4 is 15.2 Å². The van der Waals surface area contributed by atoms with Crippen LogP contribution in [0.1, 0.15) is 11.4 Å². The van der Waals surface area contributed by atoms with Gasteiger partial charge in [0.1, 0.15) is 17.3 Å². The fourth-order valence-corrected chi connectivity index (χ4v) is 1.93. The molecule has 0 atom stereocenters. The molecule has 0 radical (unpaired) electrons. The fourth-order valence-electron chi connectivity index (χ4n) is 1.93. The van der Waals surface area contributed by atoms with E-state index in [1.165, 1.54) is 0 Å². The van der Waals surface area contributed by atoms with Gasteiger partial charge in [0.2, 0.25) is 0 Å². The largest absolute Gasteiger partial charge is 0.496 e. The molecule has 0 amide bonds. The van der Waals surface area contributed by atoms with Crippen molar-refractivity contribution in [3.05, 3.63) is 23.5 Å². The van der Waals surface area contributed by atoms with Gasteiger partial charge < -0.3 is 15.2 Å². The Morgan fingerprint density at radius 3 is 2.42 bits per heavy atom. The van der Waals surface area contributed by atoms with Crippen LogP contribution in [0.2, 0.25) is 0 Å². The third-order valence-corrected chi connectivity index (χ3v) is 2.99. The summed E-state index contributed by atoms with van der Waals surface area (Å²) < 4.78 is 12.4. The van der Waals surface area contributed by atoms with Crippen molar-refractivity contribution >= 4 is 0 Å². The molecule has 2 N–H and O–H groups in total. The Morgan fingerprint density at radius 2 is 1.89 bits per heavy atom. The van der Waals surface area contributed by atoms with E-state index in [0.717, 1.165) is 22.7 Å². The number of nitrogens with two attached hydrogens (primary N) is 1. The summed E-state index contributed by atoms with van der Waals surface area (Å²) >= 11 is 0. The van der Waals surface area contributed by atoms with Crippen molar-refractivity contribution in [2.45, 2.75) is 13.5 Å². The Labute approximate surface area is 112 Å². The summed E-state index contributed by atoms with van der Waals surface area (Å²) in [7, 11) is 5.07. The fraction of sp³-hybridized carbons (Fsp3) is 0.385. The maximum atomic E-state index is 5.61. The first-order valence-electron chi connectivity index (χ1n) is 5.93. The van der Waals surface area contributed by atoms with Crippen molar-refractivity contribution in [1.29, 1.82) is 0 Å². The smallest absolute Gasteiger partial charge is 0.185 e. The summed E-state index contributed by atoms with van der Waals surface area (Å²) in [5.41, 5.74) is 7.40. The molecule has 0 saturated carbocycles. The third kappa shape index (κ3) is 2.39. The zero-order valence-electron chi connectivity index (χ0n) is 11.6. The predicted molar refractivity (Wildman–Crippen MR) is 72.2 cm³/mol. The molecule has 0 fully saturated rings. The van der Waals surface area contributed by atoms with Gasteiger partial charge in [0.15, 0.2) is 5.82 Å². The lowest BCUT2D eigenvalue weighted by Gasteiger charge is -2.10. The van der Waals surface area contributed by atoms with Crippen LogP contribution in [0, 0.1) is 6.92 Å².